The lowest BCUT2D eigenvalue weighted by molar-refractivity contribution is 0.851. The predicted molar refractivity (Wildman–Crippen MR) is 39.8 cm³/mol. The molecule has 1 aliphatic carbocycles. The van der Waals surface area contributed by atoms with Gasteiger partial charge in [-0.1, -0.05) is 25.7 Å². The van der Waals surface area contributed by atoms with Crippen molar-refractivity contribution in [1.82, 2.24) is 4.98 Å². The molecular weight excluding hydrogens is 114 g/mol. The van der Waals surface area contributed by atoms with Crippen LogP contribution in [0.25, 0.3) is 0 Å². The van der Waals surface area contributed by atoms with Gasteiger partial charge in [-0.25, -0.2) is 0 Å². The van der Waals surface area contributed by atoms with E-state index in [4.69, 9.17) is 0 Å². The van der Waals surface area contributed by atoms with Crippen molar-refractivity contribution in [2.45, 2.75) is 31.2 Å². The van der Waals surface area contributed by atoms with Gasteiger partial charge in [0.25, 0.3) is 0 Å². The molecule has 0 atom stereocenters. The molecule has 1 nitrogen and oxygen atoms in total. The van der Waals surface area contributed by atoms with E-state index < -0.39 is 0 Å². The first kappa shape index (κ1) is 6.30. The molecule has 1 rings (SSSR count). The molecule has 0 aromatic rings. The van der Waals surface area contributed by atoms with Crippen LogP contribution in [-0.2, 0) is 0 Å². The molecule has 2 heteroatoms. The van der Waals surface area contributed by atoms with Crippen LogP contribution in [0.5, 0.6) is 0 Å². The van der Waals surface area contributed by atoms with Crippen molar-refractivity contribution in [3.63, 3.8) is 0 Å². The van der Waals surface area contributed by atoms with E-state index in [1.54, 1.807) is 0 Å². The van der Waals surface area contributed by atoms with Gasteiger partial charge in [0, 0.05) is 0 Å². The van der Waals surface area contributed by atoms with E-state index in [0.29, 0.717) is 0 Å². The second-order valence-corrected chi connectivity index (χ2v) is 4.98. The van der Waals surface area contributed by atoms with E-state index in [9.17, 15) is 0 Å². The summed E-state index contributed by atoms with van der Waals surface area (Å²) >= 11 is 0. The van der Waals surface area contributed by atoms with E-state index in [1.807, 2.05) is 0 Å². The van der Waals surface area contributed by atoms with Crippen LogP contribution < -0.4 is 4.98 Å². The topological polar surface area (TPSA) is 12.0 Å². The van der Waals surface area contributed by atoms with Crippen LogP contribution >= 0.6 is 0 Å². The fraction of sp³-hybridized carbons (Fsp3) is 1.00. The third-order valence-corrected chi connectivity index (χ3v) is 3.77. The fourth-order valence-corrected chi connectivity index (χ4v) is 3.07. The van der Waals surface area contributed by atoms with E-state index in [1.165, 1.54) is 25.7 Å². The number of hydrogen-bond acceptors (Lipinski definition) is 1. The molecule has 1 saturated carbocycles. The highest BCUT2D eigenvalue weighted by Crippen LogP contribution is 2.27. The number of hydrogen-bond donors (Lipinski definition) is 1. The Bertz CT molecular complexity index is 59.5. The lowest BCUT2D eigenvalue weighted by Crippen LogP contribution is -2.16. The van der Waals surface area contributed by atoms with Gasteiger partial charge in [0.15, 0.2) is 0 Å². The highest BCUT2D eigenvalue weighted by atomic mass is 28.2. The molecule has 0 aromatic heterocycles. The molecule has 1 N–H and O–H groups in total. The van der Waals surface area contributed by atoms with Crippen LogP contribution in [0.2, 0.25) is 5.54 Å². The van der Waals surface area contributed by atoms with Crippen LogP contribution in [0.1, 0.15) is 25.7 Å². The van der Waals surface area contributed by atoms with Gasteiger partial charge in [0.2, 0.25) is 0 Å². The Balaban J connectivity index is 2.06. The monoisotopic (exact) mass is 129 g/mol. The summed E-state index contributed by atoms with van der Waals surface area (Å²) in [5.41, 5.74) is 1.14. The smallest absolute Gasteiger partial charge is 0.0944 e. The quantitative estimate of drug-likeness (QED) is 0.540. The summed E-state index contributed by atoms with van der Waals surface area (Å²) in [7, 11) is 2.25. The zero-order chi connectivity index (χ0) is 5.82. The van der Waals surface area contributed by atoms with Crippen molar-refractivity contribution in [3.05, 3.63) is 0 Å². The Labute approximate surface area is 53.8 Å². The molecule has 0 aromatic carbocycles. The van der Waals surface area contributed by atoms with Crippen molar-refractivity contribution in [1.29, 1.82) is 0 Å². The second-order valence-electron chi connectivity index (χ2n) is 2.71. The molecule has 0 radical (unpaired) electrons. The Kier molecular flexibility index (Phi) is 2.56. The van der Waals surface area contributed by atoms with Crippen molar-refractivity contribution < 1.29 is 0 Å². The minimum Gasteiger partial charge on any atom is -0.345 e. The van der Waals surface area contributed by atoms with Crippen molar-refractivity contribution in [3.8, 4) is 0 Å². The summed E-state index contributed by atoms with van der Waals surface area (Å²) in [6.07, 6.45) is 6.04. The van der Waals surface area contributed by atoms with Gasteiger partial charge in [0.1, 0.15) is 0 Å². The van der Waals surface area contributed by atoms with Gasteiger partial charge in [-0.2, -0.15) is 0 Å². The molecule has 1 fully saturated rings. The van der Waals surface area contributed by atoms with Crippen LogP contribution in [0.3, 0.4) is 0 Å². The average Bonchev–Trinajstić information content (AvgIpc) is 2.19. The summed E-state index contributed by atoms with van der Waals surface area (Å²) in [6.45, 7) is 0. The fourth-order valence-electron chi connectivity index (χ4n) is 1.50. The van der Waals surface area contributed by atoms with E-state index in [0.717, 1.165) is 5.54 Å². The maximum absolute atomic E-state index is 3.35. The maximum atomic E-state index is 3.35. The SMILES string of the molecule is CN[SiH2]C1CCCC1. The minimum atomic E-state index is 0.148. The lowest BCUT2D eigenvalue weighted by atomic mass is 10.4. The first-order valence-corrected chi connectivity index (χ1v) is 5.10. The molecular formula is C6H15NSi. The van der Waals surface area contributed by atoms with Crippen LogP contribution in [0.4, 0.5) is 0 Å². The molecule has 0 heterocycles. The minimum absolute atomic E-state index is 0.148. The van der Waals surface area contributed by atoms with Crippen molar-refractivity contribution in [2.75, 3.05) is 7.05 Å². The molecule has 1 aliphatic rings. The first-order valence-electron chi connectivity index (χ1n) is 3.58. The first-order chi connectivity index (χ1) is 3.93. The highest BCUT2D eigenvalue weighted by Gasteiger charge is 2.13. The second kappa shape index (κ2) is 3.25. The van der Waals surface area contributed by atoms with Crippen LogP contribution in [0, 0.1) is 0 Å². The summed E-state index contributed by atoms with van der Waals surface area (Å²) in [6, 6.07) is 0. The van der Waals surface area contributed by atoms with Gasteiger partial charge in [-0.3, -0.25) is 0 Å². The van der Waals surface area contributed by atoms with E-state index in [2.05, 4.69) is 12.0 Å². The lowest BCUT2D eigenvalue weighted by Gasteiger charge is -2.03. The average molecular weight is 129 g/mol. The normalized spacial score (nSPS) is 23.6. The molecule has 0 saturated heterocycles. The summed E-state index contributed by atoms with van der Waals surface area (Å²) in [5, 5.41) is 0. The largest absolute Gasteiger partial charge is 0.345 e. The summed E-state index contributed by atoms with van der Waals surface area (Å²) < 4.78 is 0. The third kappa shape index (κ3) is 1.60. The molecule has 0 spiro atoms. The molecule has 48 valence electrons. The summed E-state index contributed by atoms with van der Waals surface area (Å²) in [4.78, 5) is 3.35. The molecule has 0 bridgehead atoms. The van der Waals surface area contributed by atoms with Gasteiger partial charge in [-0.05, 0) is 12.6 Å². The van der Waals surface area contributed by atoms with E-state index in [-0.39, 0.29) is 9.68 Å². The van der Waals surface area contributed by atoms with Gasteiger partial charge >= 0.3 is 0 Å². The third-order valence-electron chi connectivity index (χ3n) is 1.97. The summed E-state index contributed by atoms with van der Waals surface area (Å²) in [5.74, 6) is 0. The van der Waals surface area contributed by atoms with Gasteiger partial charge in [-0.15, -0.1) is 0 Å². The van der Waals surface area contributed by atoms with Crippen LogP contribution in [0.15, 0.2) is 0 Å². The molecule has 0 aliphatic heterocycles. The Morgan fingerprint density at radius 2 is 2.00 bits per heavy atom. The predicted octanol–water partition coefficient (Wildman–Crippen LogP) is 0.652. The maximum Gasteiger partial charge on any atom is 0.0944 e. The zero-order valence-electron chi connectivity index (χ0n) is 5.61. The Morgan fingerprint density at radius 1 is 1.38 bits per heavy atom. The number of rotatable bonds is 2. The zero-order valence-corrected chi connectivity index (χ0v) is 7.03. The highest BCUT2D eigenvalue weighted by molar-refractivity contribution is 6.34. The van der Waals surface area contributed by atoms with Gasteiger partial charge < -0.3 is 4.98 Å². The number of nitrogens with one attached hydrogen (secondary N) is 1. The standard InChI is InChI=1S/C6H15NSi/c1-7-8-6-4-2-3-5-6/h6-7H,2-5,8H2,1H3. The molecule has 8 heavy (non-hydrogen) atoms. The van der Waals surface area contributed by atoms with Gasteiger partial charge in [0.05, 0.1) is 9.68 Å². The Hall–Kier alpha value is 0.177. The molecule has 0 unspecified atom stereocenters. The Morgan fingerprint density at radius 3 is 2.50 bits per heavy atom. The molecule has 0 amide bonds. The van der Waals surface area contributed by atoms with Crippen LogP contribution in [-0.4, -0.2) is 16.7 Å². The van der Waals surface area contributed by atoms with Crippen molar-refractivity contribution >= 4 is 9.68 Å². The van der Waals surface area contributed by atoms with E-state index >= 15 is 0 Å². The van der Waals surface area contributed by atoms with Crippen molar-refractivity contribution in [2.24, 2.45) is 0 Å².